The summed E-state index contributed by atoms with van der Waals surface area (Å²) in [7, 11) is 0.615. The number of aromatic nitrogens is 2. The third-order valence-electron chi connectivity index (χ3n) is 2.93. The molecule has 0 unspecified atom stereocenters. The molecule has 18 heavy (non-hydrogen) atoms. The normalized spacial score (nSPS) is 27.7. The third-order valence-corrected chi connectivity index (χ3v) is 3.26. The van der Waals surface area contributed by atoms with Gasteiger partial charge in [0.2, 0.25) is 0 Å². The van der Waals surface area contributed by atoms with Crippen molar-refractivity contribution in [1.29, 1.82) is 0 Å². The first-order valence-corrected chi connectivity index (χ1v) is 6.66. The minimum absolute atomic E-state index is 0.0434. The molecule has 6 nitrogen and oxygen atoms in total. The van der Waals surface area contributed by atoms with Crippen LogP contribution in [0.5, 0.6) is 0 Å². The fraction of sp³-hybridized carbons (Fsp3) is 0.545. The van der Waals surface area contributed by atoms with Gasteiger partial charge in [0.05, 0.1) is 12.7 Å². The number of H-pyrrole nitrogens is 1. The predicted molar refractivity (Wildman–Crippen MR) is 69.0 cm³/mol. The topological polar surface area (TPSA) is 73.3 Å². The summed E-state index contributed by atoms with van der Waals surface area (Å²) in [4.78, 5) is 24.9. The number of hydrogen-bond donors (Lipinski definition) is 1. The Morgan fingerprint density at radius 2 is 2.44 bits per heavy atom. The quantitative estimate of drug-likeness (QED) is 0.820. The summed E-state index contributed by atoms with van der Waals surface area (Å²) >= 11 is 0. The van der Waals surface area contributed by atoms with Crippen LogP contribution in [0.4, 0.5) is 0 Å². The molecule has 1 fully saturated rings. The number of aromatic amines is 1. The molecule has 98 valence electrons. The van der Waals surface area contributed by atoms with Crippen LogP contribution in [0, 0.1) is 5.92 Å². The molecule has 0 bridgehead atoms. The summed E-state index contributed by atoms with van der Waals surface area (Å²) in [6, 6.07) is 1.32. The fourth-order valence-electron chi connectivity index (χ4n) is 2.13. The van der Waals surface area contributed by atoms with Gasteiger partial charge in [-0.3, -0.25) is 14.3 Å². The lowest BCUT2D eigenvalue weighted by Gasteiger charge is -2.17. The average Bonchev–Trinajstić information content (AvgIpc) is 2.68. The van der Waals surface area contributed by atoms with E-state index in [4.69, 9.17) is 9.26 Å². The maximum absolute atomic E-state index is 11.7. The fourth-order valence-corrected chi connectivity index (χ4v) is 2.40. The summed E-state index contributed by atoms with van der Waals surface area (Å²) < 4.78 is 12.4. The highest BCUT2D eigenvalue weighted by Gasteiger charge is 2.33. The zero-order valence-corrected chi connectivity index (χ0v) is 10.9. The lowest BCUT2D eigenvalue weighted by atomic mass is 10.1. The monoisotopic (exact) mass is 270 g/mol. The maximum Gasteiger partial charge on any atom is 0.330 e. The number of rotatable bonds is 4. The van der Waals surface area contributed by atoms with E-state index >= 15 is 0 Å². The Kier molecular flexibility index (Phi) is 4.11. The largest absolute Gasteiger partial charge is 0.352 e. The Morgan fingerprint density at radius 3 is 3.11 bits per heavy atom. The van der Waals surface area contributed by atoms with E-state index in [9.17, 15) is 9.59 Å². The summed E-state index contributed by atoms with van der Waals surface area (Å²) in [5.74, 6) is 0.184. The Bertz CT molecular complexity index is 538. The summed E-state index contributed by atoms with van der Waals surface area (Å²) in [5, 5.41) is 0. The van der Waals surface area contributed by atoms with Crippen molar-refractivity contribution in [3.05, 3.63) is 33.1 Å². The second-order valence-electron chi connectivity index (χ2n) is 4.30. The molecule has 1 aromatic rings. The summed E-state index contributed by atoms with van der Waals surface area (Å²) in [5.41, 5.74) is -0.853. The Hall–Kier alpha value is -1.23. The first-order chi connectivity index (χ1) is 8.61. The molecular weight excluding hydrogens is 255 g/mol. The molecule has 7 heteroatoms. The van der Waals surface area contributed by atoms with Gasteiger partial charge in [0, 0.05) is 26.6 Å². The van der Waals surface area contributed by atoms with Crippen LogP contribution in [0.3, 0.4) is 0 Å². The number of ether oxygens (including phenoxy) is 1. The minimum atomic E-state index is -0.448. The predicted octanol–water partition coefficient (Wildman–Crippen LogP) is 0.770. The van der Waals surface area contributed by atoms with Crippen LogP contribution in [-0.4, -0.2) is 28.6 Å². The average molecular weight is 270 g/mol. The van der Waals surface area contributed by atoms with Gasteiger partial charge in [0.25, 0.3) is 5.56 Å². The van der Waals surface area contributed by atoms with E-state index in [0.29, 0.717) is 15.0 Å². The van der Waals surface area contributed by atoms with Crippen LogP contribution in [0.15, 0.2) is 21.9 Å². The Balaban J connectivity index is 2.16. The van der Waals surface area contributed by atoms with Crippen molar-refractivity contribution < 1.29 is 9.26 Å². The van der Waals surface area contributed by atoms with E-state index in [1.165, 1.54) is 16.8 Å². The number of nitrogens with zero attached hydrogens (tertiary/aromatic N) is 1. The van der Waals surface area contributed by atoms with Gasteiger partial charge < -0.3 is 9.26 Å². The highest BCUT2D eigenvalue weighted by atomic mass is 31.1. The highest BCUT2D eigenvalue weighted by molar-refractivity contribution is 7.30. The van der Waals surface area contributed by atoms with Crippen LogP contribution >= 0.6 is 8.43 Å². The van der Waals surface area contributed by atoms with Crippen molar-refractivity contribution in [2.45, 2.75) is 25.7 Å². The van der Waals surface area contributed by atoms with Gasteiger partial charge in [0.15, 0.2) is 0 Å². The standard InChI is InChI=1S/C11H15N2O4P/c1-7-5-8(6-16-18-2)17-10(7)13-4-3-9(14)12-11(13)15/h3-4,7-8,10H,2,5-6H2,1H3,(H,12,14,15)/t7-,8-,10+/m0/s1. The molecule has 0 aliphatic carbocycles. The molecule has 2 rings (SSSR count). The van der Waals surface area contributed by atoms with Crippen molar-refractivity contribution in [2.75, 3.05) is 6.61 Å². The molecule has 1 aromatic heterocycles. The lowest BCUT2D eigenvalue weighted by Crippen LogP contribution is -2.33. The maximum atomic E-state index is 11.7. The van der Waals surface area contributed by atoms with Crippen LogP contribution in [0.25, 0.3) is 0 Å². The molecule has 3 atom stereocenters. The SMILES string of the molecule is C=POC[C@@H]1C[C@H](C)[C@H](n2ccc(=O)[nH]c2=O)O1. The van der Waals surface area contributed by atoms with Gasteiger partial charge in [-0.15, -0.1) is 0 Å². The first kappa shape index (κ1) is 13.2. The van der Waals surface area contributed by atoms with Crippen LogP contribution in [0.2, 0.25) is 0 Å². The molecule has 1 aliphatic rings. The molecule has 0 saturated carbocycles. The van der Waals surface area contributed by atoms with Crippen LogP contribution in [0.1, 0.15) is 19.6 Å². The lowest BCUT2D eigenvalue weighted by molar-refractivity contribution is -0.0273. The van der Waals surface area contributed by atoms with Gasteiger partial charge >= 0.3 is 5.69 Å². The van der Waals surface area contributed by atoms with Crippen molar-refractivity contribution >= 4 is 14.7 Å². The van der Waals surface area contributed by atoms with E-state index in [-0.39, 0.29) is 18.2 Å². The Morgan fingerprint density at radius 1 is 1.67 bits per heavy atom. The molecule has 0 spiro atoms. The third kappa shape index (κ3) is 2.77. The molecule has 1 aliphatic heterocycles. The molecular formula is C11H15N2O4P. The van der Waals surface area contributed by atoms with E-state index < -0.39 is 11.2 Å². The van der Waals surface area contributed by atoms with E-state index in [1.54, 1.807) is 0 Å². The summed E-state index contributed by atoms with van der Waals surface area (Å²) in [6.07, 6.45) is 5.44. The number of hydrogen-bond acceptors (Lipinski definition) is 4. The first-order valence-electron chi connectivity index (χ1n) is 5.66. The molecule has 1 saturated heterocycles. The molecule has 0 radical (unpaired) electrons. The zero-order chi connectivity index (χ0) is 13.1. The van der Waals surface area contributed by atoms with Crippen molar-refractivity contribution in [3.8, 4) is 0 Å². The molecule has 1 N–H and O–H groups in total. The minimum Gasteiger partial charge on any atom is -0.352 e. The highest BCUT2D eigenvalue weighted by Crippen LogP contribution is 2.33. The van der Waals surface area contributed by atoms with Gasteiger partial charge in [-0.1, -0.05) is 6.92 Å². The van der Waals surface area contributed by atoms with Gasteiger partial charge in [0.1, 0.15) is 6.23 Å². The second-order valence-corrected chi connectivity index (χ2v) is 4.82. The Labute approximate surface area is 105 Å². The van der Waals surface area contributed by atoms with Gasteiger partial charge in [-0.25, -0.2) is 4.79 Å². The number of nitrogens with one attached hydrogen (secondary N) is 1. The van der Waals surface area contributed by atoms with Gasteiger partial charge in [-0.05, 0) is 12.7 Å². The van der Waals surface area contributed by atoms with E-state index in [2.05, 4.69) is 11.3 Å². The van der Waals surface area contributed by atoms with E-state index in [0.717, 1.165) is 6.42 Å². The molecule has 2 heterocycles. The molecule has 0 aromatic carbocycles. The van der Waals surface area contributed by atoms with Crippen LogP contribution in [-0.2, 0) is 9.26 Å². The van der Waals surface area contributed by atoms with Crippen molar-refractivity contribution in [1.82, 2.24) is 9.55 Å². The van der Waals surface area contributed by atoms with Gasteiger partial charge in [-0.2, -0.15) is 0 Å². The van der Waals surface area contributed by atoms with Crippen LogP contribution < -0.4 is 11.2 Å². The molecule has 0 amide bonds. The smallest absolute Gasteiger partial charge is 0.330 e. The second kappa shape index (κ2) is 5.61. The zero-order valence-electron chi connectivity index (χ0n) is 10.0. The van der Waals surface area contributed by atoms with Crippen molar-refractivity contribution in [2.24, 2.45) is 5.92 Å². The van der Waals surface area contributed by atoms with E-state index in [1.807, 2.05) is 6.92 Å². The summed E-state index contributed by atoms with van der Waals surface area (Å²) in [6.45, 7) is 2.47. The van der Waals surface area contributed by atoms with Crippen molar-refractivity contribution in [3.63, 3.8) is 0 Å².